The lowest BCUT2D eigenvalue weighted by Crippen LogP contribution is -2.22. The van der Waals surface area contributed by atoms with Gasteiger partial charge in [0.1, 0.15) is 5.82 Å². The van der Waals surface area contributed by atoms with Gasteiger partial charge in [-0.3, -0.25) is 14.0 Å². The van der Waals surface area contributed by atoms with Crippen LogP contribution in [-0.2, 0) is 17.4 Å². The number of ketones is 1. The van der Waals surface area contributed by atoms with Gasteiger partial charge in [0, 0.05) is 25.2 Å². The van der Waals surface area contributed by atoms with E-state index in [0.29, 0.717) is 5.56 Å². The molecule has 0 aliphatic rings. The van der Waals surface area contributed by atoms with Gasteiger partial charge >= 0.3 is 6.18 Å². The lowest BCUT2D eigenvalue weighted by Gasteiger charge is -2.09. The maximum atomic E-state index is 14.2. The minimum absolute atomic E-state index is 0.0270. The van der Waals surface area contributed by atoms with E-state index in [-0.39, 0.29) is 46.0 Å². The van der Waals surface area contributed by atoms with Crippen LogP contribution in [0, 0.1) is 5.82 Å². The number of thioether (sulfide) groups is 1. The zero-order chi connectivity index (χ0) is 22.8. The molecule has 1 N–H and O–H groups in total. The molecule has 0 aliphatic carbocycles. The second-order valence-corrected chi connectivity index (χ2v) is 7.85. The lowest BCUT2D eigenvalue weighted by atomic mass is 10.1. The monoisotopic (exact) mass is 474 g/mol. The first kappa shape index (κ1) is 23.0. The van der Waals surface area contributed by atoms with Crippen LogP contribution in [-0.4, -0.2) is 38.6 Å². The van der Waals surface area contributed by atoms with E-state index < -0.39 is 23.3 Å². The fourth-order valence-corrected chi connectivity index (χ4v) is 3.75. The van der Waals surface area contributed by atoms with Crippen molar-refractivity contribution < 1.29 is 27.2 Å². The number of nitrogens with one attached hydrogen (secondary N) is 1. The third kappa shape index (κ3) is 5.53. The van der Waals surface area contributed by atoms with Gasteiger partial charge < -0.3 is 5.32 Å². The van der Waals surface area contributed by atoms with E-state index in [1.54, 1.807) is 0 Å². The molecule has 6 nitrogen and oxygen atoms in total. The topological polar surface area (TPSA) is 76.4 Å². The first-order chi connectivity index (χ1) is 14.6. The molecule has 164 valence electrons. The van der Waals surface area contributed by atoms with Gasteiger partial charge in [0.25, 0.3) is 0 Å². The number of amides is 1. The fourth-order valence-electron chi connectivity index (χ4n) is 2.70. The first-order valence-corrected chi connectivity index (χ1v) is 10.2. The van der Waals surface area contributed by atoms with Crippen molar-refractivity contribution in [3.63, 3.8) is 0 Å². The number of hydrogen-bond acceptors (Lipinski definition) is 5. The second-order valence-electron chi connectivity index (χ2n) is 6.50. The Labute approximate surface area is 183 Å². The molecule has 0 saturated heterocycles. The van der Waals surface area contributed by atoms with Gasteiger partial charge in [-0.1, -0.05) is 35.5 Å². The van der Waals surface area contributed by atoms with Crippen LogP contribution in [0.5, 0.6) is 0 Å². The summed E-state index contributed by atoms with van der Waals surface area (Å²) in [5, 5.41) is 9.91. The number of aromatic nitrogens is 3. The quantitative estimate of drug-likeness (QED) is 0.315. The smallest absolute Gasteiger partial charge is 0.356 e. The summed E-state index contributed by atoms with van der Waals surface area (Å²) >= 11 is 6.72. The molecular weight excluding hydrogens is 460 g/mol. The predicted molar refractivity (Wildman–Crippen MR) is 107 cm³/mol. The van der Waals surface area contributed by atoms with Crippen LogP contribution in [0.4, 0.5) is 17.6 Å². The van der Waals surface area contributed by atoms with E-state index in [1.807, 2.05) is 0 Å². The fraction of sp³-hybridized carbons (Fsp3) is 0.263. The highest BCUT2D eigenvalue weighted by molar-refractivity contribution is 7.99. The van der Waals surface area contributed by atoms with Gasteiger partial charge in [-0.15, -0.1) is 10.2 Å². The summed E-state index contributed by atoms with van der Waals surface area (Å²) in [5.74, 6) is -1.45. The van der Waals surface area contributed by atoms with Crippen molar-refractivity contribution >= 4 is 40.7 Å². The van der Waals surface area contributed by atoms with Crippen LogP contribution in [0.2, 0.25) is 5.02 Å². The maximum Gasteiger partial charge on any atom is 0.417 e. The van der Waals surface area contributed by atoms with Gasteiger partial charge in [0.05, 0.1) is 16.3 Å². The molecule has 3 rings (SSSR count). The molecule has 31 heavy (non-hydrogen) atoms. The highest BCUT2D eigenvalue weighted by Gasteiger charge is 2.32. The maximum absolute atomic E-state index is 14.2. The molecule has 3 aromatic rings. The number of benzene rings is 1. The molecule has 12 heteroatoms. The summed E-state index contributed by atoms with van der Waals surface area (Å²) in [6.07, 6.45) is -3.54. The van der Waals surface area contributed by atoms with Crippen molar-refractivity contribution in [1.82, 2.24) is 19.9 Å². The minimum Gasteiger partial charge on any atom is -0.356 e. The number of nitrogens with zero attached hydrogens (tertiary/aromatic N) is 3. The number of halogens is 5. The number of carbonyl (C=O) groups is 2. The molecule has 1 amide bonds. The summed E-state index contributed by atoms with van der Waals surface area (Å²) in [6.45, 7) is 1.62. The zero-order valence-electron chi connectivity index (χ0n) is 16.0. The lowest BCUT2D eigenvalue weighted by molar-refractivity contribution is -0.137. The minimum atomic E-state index is -4.61. The van der Waals surface area contributed by atoms with Crippen molar-refractivity contribution in [3.8, 4) is 0 Å². The van der Waals surface area contributed by atoms with Crippen LogP contribution >= 0.6 is 23.4 Å². The molecule has 0 spiro atoms. The Balaban J connectivity index is 1.72. The number of rotatable bonds is 7. The highest BCUT2D eigenvalue weighted by Crippen LogP contribution is 2.33. The Morgan fingerprint density at radius 3 is 2.61 bits per heavy atom. The summed E-state index contributed by atoms with van der Waals surface area (Å²) in [4.78, 5) is 23.3. The van der Waals surface area contributed by atoms with Crippen LogP contribution in [0.3, 0.4) is 0 Å². The molecule has 0 atom stereocenters. The molecule has 0 fully saturated rings. The van der Waals surface area contributed by atoms with Gasteiger partial charge in [-0.2, -0.15) is 13.2 Å². The molecule has 0 saturated carbocycles. The van der Waals surface area contributed by atoms with E-state index in [1.165, 1.54) is 19.1 Å². The zero-order valence-corrected chi connectivity index (χ0v) is 17.5. The van der Waals surface area contributed by atoms with E-state index in [4.69, 9.17) is 11.6 Å². The molecule has 0 bridgehead atoms. The normalized spacial score (nSPS) is 11.7. The first-order valence-electron chi connectivity index (χ1n) is 8.86. The SMILES string of the molecule is CC(=O)NCCc1ccc(C(=O)CSc2nnc3c(Cl)cc(C(F)(F)F)cn23)cc1F. The van der Waals surface area contributed by atoms with E-state index in [9.17, 15) is 27.2 Å². The van der Waals surface area contributed by atoms with Gasteiger partial charge in [0.2, 0.25) is 5.91 Å². The summed E-state index contributed by atoms with van der Waals surface area (Å²) in [6, 6.07) is 4.75. The summed E-state index contributed by atoms with van der Waals surface area (Å²) in [5.41, 5.74) is -0.499. The van der Waals surface area contributed by atoms with Crippen molar-refractivity contribution in [3.05, 3.63) is 58.0 Å². The van der Waals surface area contributed by atoms with Crippen molar-refractivity contribution in [2.24, 2.45) is 0 Å². The van der Waals surface area contributed by atoms with Gasteiger partial charge in [-0.05, 0) is 24.1 Å². The molecule has 0 aliphatic heterocycles. The Kier molecular flexibility index (Phi) is 6.85. The number of carbonyl (C=O) groups excluding carboxylic acids is 2. The second kappa shape index (κ2) is 9.23. The standard InChI is InChI=1S/C19H15ClF4N4O2S/c1-10(29)25-5-4-11-2-3-12(6-15(11)21)16(30)9-31-18-27-26-17-14(20)7-13(8-28(17)18)19(22,23)24/h2-3,6-8H,4-5,9H2,1H3,(H,25,29). The third-order valence-electron chi connectivity index (χ3n) is 4.23. The number of fused-ring (bicyclic) bond motifs is 1. The van der Waals surface area contributed by atoms with Gasteiger partial charge in [0.15, 0.2) is 16.6 Å². The summed E-state index contributed by atoms with van der Waals surface area (Å²) in [7, 11) is 0. The molecule has 1 aromatic carbocycles. The molecule has 0 radical (unpaired) electrons. The molecular formula is C19H15ClF4N4O2S. The van der Waals surface area contributed by atoms with E-state index >= 15 is 0 Å². The van der Waals surface area contributed by atoms with Gasteiger partial charge in [-0.25, -0.2) is 4.39 Å². The van der Waals surface area contributed by atoms with Crippen molar-refractivity contribution in [2.45, 2.75) is 24.7 Å². The molecule has 2 heterocycles. The van der Waals surface area contributed by atoms with Crippen LogP contribution < -0.4 is 5.32 Å². The van der Waals surface area contributed by atoms with Crippen molar-refractivity contribution in [2.75, 3.05) is 12.3 Å². The Morgan fingerprint density at radius 2 is 1.97 bits per heavy atom. The predicted octanol–water partition coefficient (Wildman–Crippen LogP) is 4.19. The number of alkyl halides is 3. The average molecular weight is 475 g/mol. The Hall–Kier alpha value is -2.66. The highest BCUT2D eigenvalue weighted by atomic mass is 35.5. The molecule has 0 unspecified atom stereocenters. The van der Waals surface area contributed by atoms with Crippen LogP contribution in [0.1, 0.15) is 28.4 Å². The number of hydrogen-bond donors (Lipinski definition) is 1. The summed E-state index contributed by atoms with van der Waals surface area (Å²) < 4.78 is 54.4. The number of pyridine rings is 1. The van der Waals surface area contributed by atoms with Crippen molar-refractivity contribution in [1.29, 1.82) is 0 Å². The largest absolute Gasteiger partial charge is 0.417 e. The third-order valence-corrected chi connectivity index (χ3v) is 5.45. The average Bonchev–Trinajstić information content (AvgIpc) is 3.10. The van der Waals surface area contributed by atoms with Crippen LogP contribution in [0.25, 0.3) is 5.65 Å². The number of Topliss-reactive ketones (excluding diaryl/α,β-unsaturated/α-hetero) is 1. The van der Waals surface area contributed by atoms with Crippen LogP contribution in [0.15, 0.2) is 35.6 Å². The molecule has 2 aromatic heterocycles. The van der Waals surface area contributed by atoms with E-state index in [0.717, 1.165) is 34.5 Å². The Bertz CT molecular complexity index is 1150. The van der Waals surface area contributed by atoms with E-state index in [2.05, 4.69) is 15.5 Å². The Morgan fingerprint density at radius 1 is 1.23 bits per heavy atom.